The van der Waals surface area contributed by atoms with Gasteiger partial charge in [-0.1, -0.05) is 0 Å². The fourth-order valence-electron chi connectivity index (χ4n) is 2.19. The Morgan fingerprint density at radius 3 is 2.50 bits per heavy atom. The van der Waals surface area contributed by atoms with Gasteiger partial charge in [0, 0.05) is 5.92 Å². The van der Waals surface area contributed by atoms with Crippen LogP contribution in [0.15, 0.2) is 0 Å². The number of carbonyl (C=O) groups excluding carboxylic acids is 2. The Morgan fingerprint density at radius 1 is 1.43 bits per heavy atom. The maximum atomic E-state index is 11.6. The zero-order valence-electron chi connectivity index (χ0n) is 8.12. The van der Waals surface area contributed by atoms with E-state index in [-0.39, 0.29) is 11.8 Å². The fourth-order valence-corrected chi connectivity index (χ4v) is 2.19. The molecular formula is C9H15N3O2. The topological polar surface area (TPSA) is 84.2 Å². The minimum absolute atomic E-state index is 0.0206. The highest BCUT2D eigenvalue weighted by molar-refractivity contribution is 5.89. The van der Waals surface area contributed by atoms with Crippen LogP contribution in [0.1, 0.15) is 6.92 Å². The molecule has 0 aromatic heterocycles. The fraction of sp³-hybridized carbons (Fsp3) is 0.778. The smallest absolute Gasteiger partial charge is 0.239 e. The Labute approximate surface area is 82.4 Å². The summed E-state index contributed by atoms with van der Waals surface area (Å²) in [4.78, 5) is 22.3. The summed E-state index contributed by atoms with van der Waals surface area (Å²) in [6.07, 6.45) is 0. The third-order valence-electron chi connectivity index (χ3n) is 3.18. The number of hydrogen-bond donors (Lipinski definition) is 3. The lowest BCUT2D eigenvalue weighted by molar-refractivity contribution is -0.128. The van der Waals surface area contributed by atoms with Crippen molar-refractivity contribution in [1.82, 2.24) is 10.6 Å². The van der Waals surface area contributed by atoms with Crippen molar-refractivity contribution < 1.29 is 9.59 Å². The van der Waals surface area contributed by atoms with Crippen LogP contribution in [0.2, 0.25) is 0 Å². The summed E-state index contributed by atoms with van der Waals surface area (Å²) >= 11 is 0. The van der Waals surface area contributed by atoms with Crippen LogP contribution in [0.5, 0.6) is 0 Å². The monoisotopic (exact) mass is 197 g/mol. The molecule has 1 unspecified atom stereocenters. The summed E-state index contributed by atoms with van der Waals surface area (Å²) in [6.45, 7) is 3.46. The van der Waals surface area contributed by atoms with Crippen LogP contribution >= 0.6 is 0 Å². The summed E-state index contributed by atoms with van der Waals surface area (Å²) in [6, 6.07) is -0.559. The van der Waals surface area contributed by atoms with Gasteiger partial charge in [-0.05, 0) is 31.8 Å². The van der Waals surface area contributed by atoms with Crippen molar-refractivity contribution in [2.24, 2.45) is 23.5 Å². The Balaban J connectivity index is 1.83. The van der Waals surface area contributed by atoms with Crippen molar-refractivity contribution in [3.05, 3.63) is 0 Å². The average Bonchev–Trinajstić information content (AvgIpc) is 2.61. The predicted octanol–water partition coefficient (Wildman–Crippen LogP) is -1.56. The van der Waals surface area contributed by atoms with Gasteiger partial charge in [0.1, 0.15) is 6.04 Å². The highest BCUT2D eigenvalue weighted by atomic mass is 16.2. The minimum atomic E-state index is -0.559. The number of carbonyl (C=O) groups is 2. The molecule has 5 heteroatoms. The molecule has 2 rings (SSSR count). The molecule has 1 heterocycles. The summed E-state index contributed by atoms with van der Waals surface area (Å²) in [5.74, 6) is 0.568. The first-order valence-corrected chi connectivity index (χ1v) is 4.91. The van der Waals surface area contributed by atoms with E-state index in [9.17, 15) is 9.59 Å². The Kier molecular flexibility index (Phi) is 2.19. The zero-order chi connectivity index (χ0) is 10.3. The van der Waals surface area contributed by atoms with Gasteiger partial charge in [-0.2, -0.15) is 0 Å². The second-order valence-electron chi connectivity index (χ2n) is 4.14. The molecule has 14 heavy (non-hydrogen) atoms. The minimum Gasteiger partial charge on any atom is -0.368 e. The number of fused-ring (bicyclic) bond motifs is 1. The molecular weight excluding hydrogens is 182 g/mol. The highest BCUT2D eigenvalue weighted by Gasteiger charge is 2.56. The number of nitrogens with one attached hydrogen (secondary N) is 2. The molecule has 0 bridgehead atoms. The lowest BCUT2D eigenvalue weighted by Gasteiger charge is -2.11. The van der Waals surface area contributed by atoms with Crippen molar-refractivity contribution in [2.45, 2.75) is 13.0 Å². The van der Waals surface area contributed by atoms with E-state index in [2.05, 4.69) is 10.6 Å². The maximum absolute atomic E-state index is 11.6. The Morgan fingerprint density at radius 2 is 2.00 bits per heavy atom. The van der Waals surface area contributed by atoms with Crippen LogP contribution in [0.25, 0.3) is 0 Å². The lowest BCUT2D eigenvalue weighted by atomic mass is 10.2. The SMILES string of the molecule is C[C@H](NC(=O)C1[C@H]2CNC[C@@H]12)C(N)=O. The molecule has 4 N–H and O–H groups in total. The summed E-state index contributed by atoms with van der Waals surface area (Å²) in [7, 11) is 0. The van der Waals surface area contributed by atoms with Gasteiger partial charge in [0.2, 0.25) is 11.8 Å². The molecule has 4 atom stereocenters. The van der Waals surface area contributed by atoms with Gasteiger partial charge in [0.25, 0.3) is 0 Å². The second kappa shape index (κ2) is 3.24. The molecule has 1 saturated heterocycles. The number of primary amides is 1. The van der Waals surface area contributed by atoms with E-state index in [1.54, 1.807) is 6.92 Å². The molecule has 0 aromatic carbocycles. The van der Waals surface area contributed by atoms with Crippen molar-refractivity contribution in [2.75, 3.05) is 13.1 Å². The standard InChI is InChI=1S/C9H15N3O2/c1-4(8(10)13)12-9(14)7-5-2-11-3-6(5)7/h4-7,11H,2-3H2,1H3,(H2,10,13)(H,12,14)/t4-,5-,6+,7?/m0/s1. The maximum Gasteiger partial charge on any atom is 0.239 e. The van der Waals surface area contributed by atoms with Gasteiger partial charge in [-0.15, -0.1) is 0 Å². The molecule has 5 nitrogen and oxygen atoms in total. The van der Waals surface area contributed by atoms with Gasteiger partial charge in [0.15, 0.2) is 0 Å². The molecule has 2 fully saturated rings. The molecule has 0 aromatic rings. The van der Waals surface area contributed by atoms with Crippen LogP contribution in [0.4, 0.5) is 0 Å². The number of rotatable bonds is 3. The first kappa shape index (κ1) is 9.45. The Bertz CT molecular complexity index is 269. The summed E-state index contributed by atoms with van der Waals surface area (Å²) < 4.78 is 0. The quantitative estimate of drug-likeness (QED) is 0.511. The predicted molar refractivity (Wildman–Crippen MR) is 50.1 cm³/mol. The van der Waals surface area contributed by atoms with Gasteiger partial charge < -0.3 is 16.4 Å². The summed E-state index contributed by atoms with van der Waals surface area (Å²) in [5, 5.41) is 5.84. The first-order valence-electron chi connectivity index (χ1n) is 4.91. The van der Waals surface area contributed by atoms with E-state index in [0.29, 0.717) is 11.8 Å². The van der Waals surface area contributed by atoms with Gasteiger partial charge in [0.05, 0.1) is 0 Å². The number of piperidine rings is 1. The van der Waals surface area contributed by atoms with E-state index in [4.69, 9.17) is 5.73 Å². The molecule has 0 radical (unpaired) electrons. The largest absolute Gasteiger partial charge is 0.368 e. The summed E-state index contributed by atoms with van der Waals surface area (Å²) in [5.41, 5.74) is 5.05. The molecule has 1 aliphatic heterocycles. The molecule has 1 aliphatic carbocycles. The van der Waals surface area contributed by atoms with Crippen molar-refractivity contribution >= 4 is 11.8 Å². The van der Waals surface area contributed by atoms with E-state index >= 15 is 0 Å². The molecule has 0 spiro atoms. The molecule has 78 valence electrons. The zero-order valence-corrected chi connectivity index (χ0v) is 8.12. The third-order valence-corrected chi connectivity index (χ3v) is 3.18. The average molecular weight is 197 g/mol. The van der Waals surface area contributed by atoms with Crippen LogP contribution in [-0.2, 0) is 9.59 Å². The van der Waals surface area contributed by atoms with Crippen LogP contribution in [-0.4, -0.2) is 30.9 Å². The Hall–Kier alpha value is -1.10. The number of hydrogen-bond acceptors (Lipinski definition) is 3. The second-order valence-corrected chi connectivity index (χ2v) is 4.14. The number of amides is 2. The van der Waals surface area contributed by atoms with Gasteiger partial charge in [-0.25, -0.2) is 0 Å². The normalized spacial score (nSPS) is 35.9. The van der Waals surface area contributed by atoms with Gasteiger partial charge >= 0.3 is 0 Å². The van der Waals surface area contributed by atoms with Crippen molar-refractivity contribution in [3.8, 4) is 0 Å². The van der Waals surface area contributed by atoms with Crippen molar-refractivity contribution in [3.63, 3.8) is 0 Å². The lowest BCUT2D eigenvalue weighted by Crippen LogP contribution is -2.43. The van der Waals surface area contributed by atoms with E-state index in [1.807, 2.05) is 0 Å². The van der Waals surface area contributed by atoms with Crippen LogP contribution < -0.4 is 16.4 Å². The van der Waals surface area contributed by atoms with Crippen LogP contribution in [0.3, 0.4) is 0 Å². The third kappa shape index (κ3) is 1.48. The van der Waals surface area contributed by atoms with Gasteiger partial charge in [-0.3, -0.25) is 9.59 Å². The van der Waals surface area contributed by atoms with E-state index in [1.165, 1.54) is 0 Å². The first-order chi connectivity index (χ1) is 6.61. The molecule has 2 amide bonds. The molecule has 2 aliphatic rings. The highest BCUT2D eigenvalue weighted by Crippen LogP contribution is 2.48. The number of nitrogens with two attached hydrogens (primary N) is 1. The van der Waals surface area contributed by atoms with E-state index in [0.717, 1.165) is 13.1 Å². The van der Waals surface area contributed by atoms with Crippen LogP contribution in [0, 0.1) is 17.8 Å². The molecule has 1 saturated carbocycles. The van der Waals surface area contributed by atoms with E-state index < -0.39 is 11.9 Å². The van der Waals surface area contributed by atoms with Crippen molar-refractivity contribution in [1.29, 1.82) is 0 Å².